The minimum atomic E-state index is -0.258. The van der Waals surface area contributed by atoms with Gasteiger partial charge in [-0.3, -0.25) is 0 Å². The zero-order chi connectivity index (χ0) is 16.7. The topological polar surface area (TPSA) is 32.5 Å². The van der Waals surface area contributed by atoms with Crippen LogP contribution in [0.4, 0.5) is 4.39 Å². The van der Waals surface area contributed by atoms with Crippen molar-refractivity contribution in [2.75, 3.05) is 39.3 Å². The van der Waals surface area contributed by atoms with E-state index in [1.54, 1.807) is 6.07 Å². The summed E-state index contributed by atoms with van der Waals surface area (Å²) in [5.74, 6) is -0.258. The summed E-state index contributed by atoms with van der Waals surface area (Å²) in [4.78, 5) is 5.47. The van der Waals surface area contributed by atoms with Crippen LogP contribution in [-0.4, -0.2) is 49.1 Å². The summed E-state index contributed by atoms with van der Waals surface area (Å²) >= 11 is 4.39. The highest BCUT2D eigenvalue weighted by molar-refractivity contribution is 7.80. The zero-order valence-corrected chi connectivity index (χ0v) is 14.7. The summed E-state index contributed by atoms with van der Waals surface area (Å²) in [6, 6.07) is 4.70. The first-order valence-corrected chi connectivity index (χ1v) is 8.91. The van der Waals surface area contributed by atoms with Gasteiger partial charge in [0, 0.05) is 35.8 Å². The third-order valence-corrected chi connectivity index (χ3v) is 4.79. The number of hydrogen-bond acceptors (Lipinski definition) is 4. The molecule has 1 saturated heterocycles. The first-order valence-electron chi connectivity index (χ1n) is 8.47. The van der Waals surface area contributed by atoms with E-state index in [2.05, 4.69) is 29.0 Å². The van der Waals surface area contributed by atoms with Crippen LogP contribution in [-0.2, 0) is 0 Å². The van der Waals surface area contributed by atoms with Crippen molar-refractivity contribution in [2.45, 2.75) is 30.6 Å². The first-order chi connectivity index (χ1) is 11.1. The van der Waals surface area contributed by atoms with Gasteiger partial charge in [-0.1, -0.05) is 13.0 Å². The second-order valence-electron chi connectivity index (χ2n) is 6.14. The highest BCUT2D eigenvalue weighted by Crippen LogP contribution is 2.26. The molecule has 0 spiro atoms. The van der Waals surface area contributed by atoms with Gasteiger partial charge >= 0.3 is 0 Å². The highest BCUT2D eigenvalue weighted by atomic mass is 32.1. The number of benzene rings is 1. The fourth-order valence-corrected chi connectivity index (χ4v) is 3.37. The van der Waals surface area contributed by atoms with Gasteiger partial charge in [-0.2, -0.15) is 0 Å². The van der Waals surface area contributed by atoms with Gasteiger partial charge < -0.3 is 15.5 Å². The molecule has 1 heterocycles. The van der Waals surface area contributed by atoms with E-state index in [1.807, 2.05) is 0 Å². The molecule has 0 radical (unpaired) electrons. The molecule has 0 aliphatic carbocycles. The summed E-state index contributed by atoms with van der Waals surface area (Å²) in [7, 11) is 0. The van der Waals surface area contributed by atoms with Crippen molar-refractivity contribution in [3.63, 3.8) is 0 Å². The largest absolute Gasteiger partial charge is 0.370 e. The molecule has 23 heavy (non-hydrogen) atoms. The minimum Gasteiger partial charge on any atom is -0.370 e. The Kier molecular flexibility index (Phi) is 7.40. The standard InChI is InChI=1S/C18H28FN3S/c1-15(17-7-6-16(19)14-18(17)23)22-11-5-10-21(12-13-22)9-4-2-3-8-20/h6-7,14,23H,1-5,8-13,20H2. The Hall–Kier alpha value is -1.04. The molecule has 0 bridgehead atoms. The van der Waals surface area contributed by atoms with Crippen molar-refractivity contribution < 1.29 is 4.39 Å². The number of rotatable bonds is 7. The van der Waals surface area contributed by atoms with E-state index in [1.165, 1.54) is 25.0 Å². The van der Waals surface area contributed by atoms with E-state index >= 15 is 0 Å². The molecule has 128 valence electrons. The van der Waals surface area contributed by atoms with E-state index in [9.17, 15) is 4.39 Å². The van der Waals surface area contributed by atoms with Gasteiger partial charge in [-0.25, -0.2) is 4.39 Å². The summed E-state index contributed by atoms with van der Waals surface area (Å²) < 4.78 is 13.2. The van der Waals surface area contributed by atoms with Crippen LogP contribution in [0, 0.1) is 5.82 Å². The van der Waals surface area contributed by atoms with Crippen LogP contribution in [0.5, 0.6) is 0 Å². The molecule has 0 saturated carbocycles. The highest BCUT2D eigenvalue weighted by Gasteiger charge is 2.17. The minimum absolute atomic E-state index is 0.258. The molecule has 5 heteroatoms. The van der Waals surface area contributed by atoms with Crippen LogP contribution in [0.15, 0.2) is 29.7 Å². The van der Waals surface area contributed by atoms with Gasteiger partial charge in [0.05, 0.1) is 0 Å². The van der Waals surface area contributed by atoms with Crippen LogP contribution in [0.3, 0.4) is 0 Å². The lowest BCUT2D eigenvalue weighted by Gasteiger charge is -2.26. The zero-order valence-electron chi connectivity index (χ0n) is 13.8. The van der Waals surface area contributed by atoms with E-state index in [0.29, 0.717) is 4.90 Å². The summed E-state index contributed by atoms with van der Waals surface area (Å²) in [5, 5.41) is 0. The molecule has 1 aliphatic heterocycles. The Morgan fingerprint density at radius 2 is 2.00 bits per heavy atom. The quantitative estimate of drug-likeness (QED) is 0.592. The van der Waals surface area contributed by atoms with Gasteiger partial charge in [-0.05, 0) is 57.1 Å². The van der Waals surface area contributed by atoms with Gasteiger partial charge in [0.15, 0.2) is 0 Å². The fraction of sp³-hybridized carbons (Fsp3) is 0.556. The van der Waals surface area contributed by atoms with E-state index in [0.717, 1.165) is 63.4 Å². The Balaban J connectivity index is 1.88. The molecular weight excluding hydrogens is 309 g/mol. The Morgan fingerprint density at radius 3 is 2.74 bits per heavy atom. The fourth-order valence-electron chi connectivity index (χ4n) is 3.04. The third-order valence-electron chi connectivity index (χ3n) is 4.42. The van der Waals surface area contributed by atoms with Crippen LogP contribution in [0.2, 0.25) is 0 Å². The second kappa shape index (κ2) is 9.30. The van der Waals surface area contributed by atoms with E-state index < -0.39 is 0 Å². The molecular formula is C18H28FN3S. The van der Waals surface area contributed by atoms with Crippen molar-refractivity contribution >= 4 is 18.3 Å². The molecule has 1 aromatic carbocycles. The number of thiol groups is 1. The van der Waals surface area contributed by atoms with Crippen molar-refractivity contribution in [3.8, 4) is 0 Å². The Morgan fingerprint density at radius 1 is 1.17 bits per heavy atom. The predicted molar refractivity (Wildman–Crippen MR) is 98.2 cm³/mol. The molecule has 1 fully saturated rings. The number of nitrogens with zero attached hydrogens (tertiary/aromatic N) is 2. The normalized spacial score (nSPS) is 16.4. The van der Waals surface area contributed by atoms with Crippen molar-refractivity contribution in [2.24, 2.45) is 5.73 Å². The molecule has 0 unspecified atom stereocenters. The van der Waals surface area contributed by atoms with Crippen molar-refractivity contribution in [1.82, 2.24) is 9.80 Å². The molecule has 0 aromatic heterocycles. The lowest BCUT2D eigenvalue weighted by molar-refractivity contribution is 0.278. The lowest BCUT2D eigenvalue weighted by Crippen LogP contribution is -2.30. The monoisotopic (exact) mass is 337 g/mol. The number of hydrogen-bond donors (Lipinski definition) is 2. The van der Waals surface area contributed by atoms with Crippen LogP contribution >= 0.6 is 12.6 Å². The van der Waals surface area contributed by atoms with Gasteiger partial charge in [0.1, 0.15) is 5.82 Å². The summed E-state index contributed by atoms with van der Waals surface area (Å²) in [5.41, 5.74) is 7.41. The lowest BCUT2D eigenvalue weighted by atomic mass is 10.1. The van der Waals surface area contributed by atoms with Crippen LogP contribution in [0.25, 0.3) is 5.70 Å². The molecule has 0 atom stereocenters. The Labute approximate surface area is 144 Å². The summed E-state index contributed by atoms with van der Waals surface area (Å²) in [6.45, 7) is 10.3. The van der Waals surface area contributed by atoms with Gasteiger partial charge in [0.2, 0.25) is 0 Å². The van der Waals surface area contributed by atoms with Crippen LogP contribution < -0.4 is 5.73 Å². The summed E-state index contributed by atoms with van der Waals surface area (Å²) in [6.07, 6.45) is 4.67. The average Bonchev–Trinajstić information content (AvgIpc) is 2.77. The maximum absolute atomic E-state index is 13.2. The molecule has 3 nitrogen and oxygen atoms in total. The molecule has 1 aromatic rings. The number of halogens is 1. The average molecular weight is 338 g/mol. The van der Waals surface area contributed by atoms with Crippen molar-refractivity contribution in [1.29, 1.82) is 0 Å². The SMILES string of the molecule is C=C(c1ccc(F)cc1S)N1CCCN(CCCCCN)CC1. The smallest absolute Gasteiger partial charge is 0.124 e. The second-order valence-corrected chi connectivity index (χ2v) is 6.62. The molecule has 2 N–H and O–H groups in total. The molecule has 1 aliphatic rings. The van der Waals surface area contributed by atoms with Crippen molar-refractivity contribution in [3.05, 3.63) is 36.2 Å². The number of unbranched alkanes of at least 4 members (excludes halogenated alkanes) is 2. The van der Waals surface area contributed by atoms with E-state index in [4.69, 9.17) is 5.73 Å². The molecule has 0 amide bonds. The third kappa shape index (κ3) is 5.52. The van der Waals surface area contributed by atoms with Crippen LogP contribution in [0.1, 0.15) is 31.2 Å². The van der Waals surface area contributed by atoms with E-state index in [-0.39, 0.29) is 5.82 Å². The first kappa shape index (κ1) is 18.3. The molecule has 2 rings (SSSR count). The maximum Gasteiger partial charge on any atom is 0.124 e. The number of nitrogens with two attached hydrogens (primary N) is 1. The Bertz CT molecular complexity index is 521. The van der Waals surface area contributed by atoms with Gasteiger partial charge in [-0.15, -0.1) is 12.6 Å². The maximum atomic E-state index is 13.2. The van der Waals surface area contributed by atoms with Gasteiger partial charge in [0.25, 0.3) is 0 Å². The predicted octanol–water partition coefficient (Wildman–Crippen LogP) is 3.22.